The highest BCUT2D eigenvalue weighted by atomic mass is 16.2. The average molecular weight is 282 g/mol. The molecule has 1 unspecified atom stereocenters. The molecule has 1 N–H and O–H groups in total. The van der Waals surface area contributed by atoms with Crippen molar-refractivity contribution in [2.45, 2.75) is 19.5 Å². The molecule has 0 fully saturated rings. The van der Waals surface area contributed by atoms with E-state index in [-0.39, 0.29) is 11.9 Å². The molecule has 3 nitrogen and oxygen atoms in total. The lowest BCUT2D eigenvalue weighted by atomic mass is 10.0. The third-order valence-electron chi connectivity index (χ3n) is 3.59. The van der Waals surface area contributed by atoms with Gasteiger partial charge in [0.1, 0.15) is 6.04 Å². The van der Waals surface area contributed by atoms with Crippen LogP contribution in [0.3, 0.4) is 0 Å². The Morgan fingerprint density at radius 3 is 2.29 bits per heavy atom. The van der Waals surface area contributed by atoms with Crippen LogP contribution >= 0.6 is 0 Å². The Morgan fingerprint density at radius 2 is 1.67 bits per heavy atom. The molecule has 0 aliphatic rings. The molecule has 3 heteroatoms. The van der Waals surface area contributed by atoms with Gasteiger partial charge in [0, 0.05) is 6.54 Å². The van der Waals surface area contributed by atoms with Crippen LogP contribution in [0.5, 0.6) is 0 Å². The monoisotopic (exact) mass is 282 g/mol. The van der Waals surface area contributed by atoms with E-state index in [2.05, 4.69) is 18.3 Å². The van der Waals surface area contributed by atoms with Crippen LogP contribution in [0, 0.1) is 6.92 Å². The minimum absolute atomic E-state index is 0.0226. The SMILES string of the molecule is Cc1ccccc1CNC(=O)C(c1ccccc1)N(C)C. The molecule has 0 aliphatic carbocycles. The molecule has 0 heterocycles. The van der Waals surface area contributed by atoms with Crippen LogP contribution in [0.15, 0.2) is 54.6 Å². The van der Waals surface area contributed by atoms with Crippen LogP contribution in [-0.4, -0.2) is 24.9 Å². The molecule has 110 valence electrons. The first-order valence-corrected chi connectivity index (χ1v) is 7.13. The van der Waals surface area contributed by atoms with Crippen molar-refractivity contribution in [1.82, 2.24) is 10.2 Å². The topological polar surface area (TPSA) is 32.3 Å². The van der Waals surface area contributed by atoms with Crippen LogP contribution in [0.2, 0.25) is 0 Å². The quantitative estimate of drug-likeness (QED) is 0.914. The van der Waals surface area contributed by atoms with Crippen LogP contribution in [-0.2, 0) is 11.3 Å². The second-order valence-electron chi connectivity index (χ2n) is 5.42. The number of hydrogen-bond donors (Lipinski definition) is 1. The van der Waals surface area contributed by atoms with E-state index < -0.39 is 0 Å². The molecule has 21 heavy (non-hydrogen) atoms. The molecule has 1 atom stereocenters. The van der Waals surface area contributed by atoms with Crippen LogP contribution < -0.4 is 5.32 Å². The van der Waals surface area contributed by atoms with E-state index in [9.17, 15) is 4.79 Å². The minimum atomic E-state index is -0.268. The highest BCUT2D eigenvalue weighted by Gasteiger charge is 2.22. The van der Waals surface area contributed by atoms with Gasteiger partial charge >= 0.3 is 0 Å². The predicted octanol–water partition coefficient (Wildman–Crippen LogP) is 2.91. The average Bonchev–Trinajstić information content (AvgIpc) is 2.47. The summed E-state index contributed by atoms with van der Waals surface area (Å²) in [6.45, 7) is 2.62. The molecule has 0 aromatic heterocycles. The predicted molar refractivity (Wildman–Crippen MR) is 85.9 cm³/mol. The molecule has 0 saturated carbocycles. The summed E-state index contributed by atoms with van der Waals surface area (Å²) >= 11 is 0. The van der Waals surface area contributed by atoms with Crippen molar-refractivity contribution in [2.75, 3.05) is 14.1 Å². The Bertz CT molecular complexity index is 593. The molecular weight excluding hydrogens is 260 g/mol. The summed E-state index contributed by atoms with van der Waals surface area (Å²) in [5.41, 5.74) is 3.35. The van der Waals surface area contributed by atoms with E-state index >= 15 is 0 Å². The van der Waals surface area contributed by atoms with Gasteiger partial charge in [-0.05, 0) is 37.7 Å². The Labute approximate surface area is 126 Å². The van der Waals surface area contributed by atoms with Gasteiger partial charge in [0.2, 0.25) is 5.91 Å². The number of likely N-dealkylation sites (N-methyl/N-ethyl adjacent to an activating group) is 1. The third kappa shape index (κ3) is 3.92. The fourth-order valence-corrected chi connectivity index (χ4v) is 2.41. The Morgan fingerprint density at radius 1 is 1.05 bits per heavy atom. The van der Waals surface area contributed by atoms with Crippen LogP contribution in [0.1, 0.15) is 22.7 Å². The van der Waals surface area contributed by atoms with Crippen molar-refractivity contribution in [3.05, 3.63) is 71.3 Å². The third-order valence-corrected chi connectivity index (χ3v) is 3.59. The summed E-state index contributed by atoms with van der Waals surface area (Å²) in [6.07, 6.45) is 0. The Kier molecular flexibility index (Phi) is 5.12. The van der Waals surface area contributed by atoms with Gasteiger partial charge in [-0.2, -0.15) is 0 Å². The van der Waals surface area contributed by atoms with Gasteiger partial charge in [0.25, 0.3) is 0 Å². The number of carbonyl (C=O) groups is 1. The van der Waals surface area contributed by atoms with Crippen molar-refractivity contribution in [3.8, 4) is 0 Å². The molecule has 0 spiro atoms. The lowest BCUT2D eigenvalue weighted by Crippen LogP contribution is -2.36. The minimum Gasteiger partial charge on any atom is -0.350 e. The number of carbonyl (C=O) groups excluding carboxylic acids is 1. The van der Waals surface area contributed by atoms with Gasteiger partial charge in [-0.3, -0.25) is 9.69 Å². The molecule has 0 aliphatic heterocycles. The highest BCUT2D eigenvalue weighted by molar-refractivity contribution is 5.83. The summed E-state index contributed by atoms with van der Waals surface area (Å²) in [7, 11) is 3.84. The van der Waals surface area contributed by atoms with E-state index in [1.54, 1.807) is 0 Å². The maximum Gasteiger partial charge on any atom is 0.242 e. The van der Waals surface area contributed by atoms with Gasteiger partial charge in [-0.15, -0.1) is 0 Å². The maximum atomic E-state index is 12.5. The zero-order chi connectivity index (χ0) is 15.2. The standard InChI is InChI=1S/C18H22N2O/c1-14-9-7-8-12-16(14)13-19-18(21)17(20(2)3)15-10-5-4-6-11-15/h4-12,17H,13H2,1-3H3,(H,19,21). The smallest absolute Gasteiger partial charge is 0.242 e. The molecule has 0 saturated heterocycles. The van der Waals surface area contributed by atoms with Crippen molar-refractivity contribution >= 4 is 5.91 Å². The molecule has 2 aromatic carbocycles. The van der Waals surface area contributed by atoms with Gasteiger partial charge < -0.3 is 5.32 Å². The largest absolute Gasteiger partial charge is 0.350 e. The zero-order valence-electron chi connectivity index (χ0n) is 12.8. The molecule has 2 rings (SSSR count). The number of hydrogen-bond acceptors (Lipinski definition) is 2. The molecule has 2 aromatic rings. The van der Waals surface area contributed by atoms with Gasteiger partial charge in [0.15, 0.2) is 0 Å². The summed E-state index contributed by atoms with van der Waals surface area (Å²) < 4.78 is 0. The maximum absolute atomic E-state index is 12.5. The van der Waals surface area contributed by atoms with Crippen molar-refractivity contribution < 1.29 is 4.79 Å². The summed E-state index contributed by atoms with van der Waals surface area (Å²) in [4.78, 5) is 14.5. The highest BCUT2D eigenvalue weighted by Crippen LogP contribution is 2.18. The lowest BCUT2D eigenvalue weighted by Gasteiger charge is -2.24. The number of nitrogens with zero attached hydrogens (tertiary/aromatic N) is 1. The van der Waals surface area contributed by atoms with E-state index in [0.29, 0.717) is 6.54 Å². The lowest BCUT2D eigenvalue weighted by molar-refractivity contribution is -0.125. The van der Waals surface area contributed by atoms with Crippen LogP contribution in [0.4, 0.5) is 0 Å². The number of benzene rings is 2. The van der Waals surface area contributed by atoms with E-state index in [4.69, 9.17) is 0 Å². The van der Waals surface area contributed by atoms with Gasteiger partial charge in [0.05, 0.1) is 0 Å². The normalized spacial score (nSPS) is 12.2. The first kappa shape index (κ1) is 15.3. The number of aryl methyl sites for hydroxylation is 1. The van der Waals surface area contributed by atoms with Crippen molar-refractivity contribution in [3.63, 3.8) is 0 Å². The van der Waals surface area contributed by atoms with Crippen molar-refractivity contribution in [2.24, 2.45) is 0 Å². The van der Waals surface area contributed by atoms with Gasteiger partial charge in [-0.1, -0.05) is 54.6 Å². The summed E-state index contributed by atoms with van der Waals surface area (Å²) in [6, 6.07) is 17.7. The zero-order valence-corrected chi connectivity index (χ0v) is 12.8. The Hall–Kier alpha value is -2.13. The van der Waals surface area contributed by atoms with Crippen LogP contribution in [0.25, 0.3) is 0 Å². The van der Waals surface area contributed by atoms with E-state index in [1.165, 1.54) is 5.56 Å². The Balaban J connectivity index is 2.08. The fourth-order valence-electron chi connectivity index (χ4n) is 2.41. The molecule has 0 bridgehead atoms. The van der Waals surface area contributed by atoms with Gasteiger partial charge in [-0.25, -0.2) is 0 Å². The number of amides is 1. The number of rotatable bonds is 5. The van der Waals surface area contributed by atoms with E-state index in [1.807, 2.05) is 67.5 Å². The first-order valence-electron chi connectivity index (χ1n) is 7.13. The van der Waals surface area contributed by atoms with Crippen molar-refractivity contribution in [1.29, 1.82) is 0 Å². The summed E-state index contributed by atoms with van der Waals surface area (Å²) in [5, 5.41) is 3.04. The second-order valence-corrected chi connectivity index (χ2v) is 5.42. The molecular formula is C18H22N2O. The first-order chi connectivity index (χ1) is 10.1. The molecule has 0 radical (unpaired) electrons. The second kappa shape index (κ2) is 7.04. The van der Waals surface area contributed by atoms with E-state index in [0.717, 1.165) is 11.1 Å². The summed E-state index contributed by atoms with van der Waals surface area (Å²) in [5.74, 6) is 0.0226. The molecule has 1 amide bonds. The fraction of sp³-hybridized carbons (Fsp3) is 0.278. The number of nitrogens with one attached hydrogen (secondary N) is 1.